The van der Waals surface area contributed by atoms with Crippen molar-refractivity contribution in [1.29, 1.82) is 5.26 Å². The molecule has 2 N–H and O–H groups in total. The Balaban J connectivity index is 2.55. The third-order valence-electron chi connectivity index (χ3n) is 3.17. The van der Waals surface area contributed by atoms with Gasteiger partial charge in [0.05, 0.1) is 11.7 Å². The summed E-state index contributed by atoms with van der Waals surface area (Å²) < 4.78 is 25.8. The molecule has 2 rings (SSSR count). The van der Waals surface area contributed by atoms with Crippen LogP contribution >= 0.6 is 11.6 Å². The van der Waals surface area contributed by atoms with Crippen molar-refractivity contribution >= 4 is 27.6 Å². The lowest BCUT2D eigenvalue weighted by Crippen LogP contribution is -2.40. The number of halogens is 1. The third kappa shape index (κ3) is 2.87. The molecular formula is C12H11ClN2O5S. The number of carboxylic acid groups (broad SMARTS) is 1. The van der Waals surface area contributed by atoms with E-state index in [0.29, 0.717) is 4.31 Å². The number of hydrogen-bond acceptors (Lipinski definition) is 5. The van der Waals surface area contributed by atoms with E-state index in [0.717, 1.165) is 6.07 Å². The maximum absolute atomic E-state index is 12.6. The normalized spacial score (nSPS) is 22.9. The quantitative estimate of drug-likeness (QED) is 0.829. The number of nitrogens with zero attached hydrogens (tertiary/aromatic N) is 2. The zero-order chi connectivity index (χ0) is 15.8. The molecule has 1 heterocycles. The summed E-state index contributed by atoms with van der Waals surface area (Å²) in [5.41, 5.74) is -0.134. The van der Waals surface area contributed by atoms with Gasteiger partial charge in [-0.1, -0.05) is 11.6 Å². The molecule has 0 aromatic heterocycles. The topological polar surface area (TPSA) is 119 Å². The van der Waals surface area contributed by atoms with E-state index in [-0.39, 0.29) is 28.4 Å². The van der Waals surface area contributed by atoms with Crippen molar-refractivity contribution in [3.63, 3.8) is 0 Å². The lowest BCUT2D eigenvalue weighted by molar-refractivity contribution is -0.140. The second-order valence-corrected chi connectivity index (χ2v) is 6.87. The Morgan fingerprint density at radius 1 is 1.48 bits per heavy atom. The highest BCUT2D eigenvalue weighted by atomic mass is 35.5. The van der Waals surface area contributed by atoms with Gasteiger partial charge in [0.15, 0.2) is 0 Å². The van der Waals surface area contributed by atoms with E-state index in [2.05, 4.69) is 0 Å². The number of rotatable bonds is 3. The van der Waals surface area contributed by atoms with Crippen molar-refractivity contribution in [2.75, 3.05) is 6.54 Å². The molecule has 1 fully saturated rings. The number of β-amino-alcohol motifs (C(OH)–C–C–N with tert-alkyl or cyclic N) is 1. The van der Waals surface area contributed by atoms with Crippen molar-refractivity contribution in [3.05, 3.63) is 28.8 Å². The van der Waals surface area contributed by atoms with Gasteiger partial charge < -0.3 is 10.2 Å². The standard InChI is InChI=1S/C12H11ClN2O5S/c13-8-2-1-7(5-14)11(3-8)21(19,20)15-6-9(16)4-10(15)12(17)18/h1-3,9-10,16H,4,6H2,(H,17,18). The summed E-state index contributed by atoms with van der Waals surface area (Å²) in [7, 11) is -4.25. The summed E-state index contributed by atoms with van der Waals surface area (Å²) in [6.07, 6.45) is -1.26. The number of aliphatic hydroxyl groups is 1. The number of hydrogen-bond donors (Lipinski definition) is 2. The minimum absolute atomic E-state index is 0.110. The van der Waals surface area contributed by atoms with Crippen molar-refractivity contribution in [2.24, 2.45) is 0 Å². The summed E-state index contributed by atoms with van der Waals surface area (Å²) >= 11 is 5.76. The van der Waals surface area contributed by atoms with Crippen LogP contribution in [-0.4, -0.2) is 47.6 Å². The van der Waals surface area contributed by atoms with Crippen LogP contribution in [0.4, 0.5) is 0 Å². The van der Waals surface area contributed by atoms with Crippen LogP contribution in [0.1, 0.15) is 12.0 Å². The highest BCUT2D eigenvalue weighted by Crippen LogP contribution is 2.29. The number of benzene rings is 1. The Kier molecular flexibility index (Phi) is 4.20. The summed E-state index contributed by atoms with van der Waals surface area (Å²) in [5.74, 6) is -1.35. The van der Waals surface area contributed by atoms with Crippen LogP contribution in [0, 0.1) is 11.3 Å². The predicted octanol–water partition coefficient (Wildman–Crippen LogP) is 0.420. The first-order valence-electron chi connectivity index (χ1n) is 5.89. The van der Waals surface area contributed by atoms with Crippen LogP contribution in [0.2, 0.25) is 5.02 Å². The van der Waals surface area contributed by atoms with Crippen molar-refractivity contribution in [3.8, 4) is 6.07 Å². The van der Waals surface area contributed by atoms with Gasteiger partial charge in [0.2, 0.25) is 10.0 Å². The van der Waals surface area contributed by atoms with E-state index < -0.39 is 28.1 Å². The molecule has 0 aliphatic carbocycles. The molecule has 9 heteroatoms. The van der Waals surface area contributed by atoms with Gasteiger partial charge in [0.1, 0.15) is 17.0 Å². The molecule has 112 valence electrons. The lowest BCUT2D eigenvalue weighted by atomic mass is 10.2. The highest BCUT2D eigenvalue weighted by molar-refractivity contribution is 7.89. The second kappa shape index (κ2) is 5.61. The fourth-order valence-electron chi connectivity index (χ4n) is 2.20. The van der Waals surface area contributed by atoms with Gasteiger partial charge in [-0.05, 0) is 18.2 Å². The molecule has 0 saturated carbocycles. The summed E-state index contributed by atoms with van der Waals surface area (Å²) in [4.78, 5) is 10.8. The molecule has 2 unspecified atom stereocenters. The van der Waals surface area contributed by atoms with Crippen molar-refractivity contribution < 1.29 is 23.4 Å². The fraction of sp³-hybridized carbons (Fsp3) is 0.333. The number of aliphatic hydroxyl groups excluding tert-OH is 1. The van der Waals surface area contributed by atoms with E-state index >= 15 is 0 Å². The van der Waals surface area contributed by atoms with E-state index in [1.165, 1.54) is 12.1 Å². The molecule has 2 atom stereocenters. The van der Waals surface area contributed by atoms with Gasteiger partial charge in [-0.3, -0.25) is 4.79 Å². The molecule has 1 aliphatic heterocycles. The fourth-order valence-corrected chi connectivity index (χ4v) is 4.24. The molecule has 1 aliphatic rings. The van der Waals surface area contributed by atoms with Gasteiger partial charge in [-0.25, -0.2) is 8.42 Å². The molecule has 1 aromatic carbocycles. The van der Waals surface area contributed by atoms with Crippen molar-refractivity contribution in [1.82, 2.24) is 4.31 Å². The van der Waals surface area contributed by atoms with E-state index in [1.54, 1.807) is 6.07 Å². The summed E-state index contributed by atoms with van der Waals surface area (Å²) in [5, 5.41) is 27.7. The van der Waals surface area contributed by atoms with E-state index in [1.807, 2.05) is 0 Å². The Labute approximate surface area is 126 Å². The molecule has 0 bridgehead atoms. The maximum atomic E-state index is 12.6. The van der Waals surface area contributed by atoms with Crippen LogP contribution in [0.3, 0.4) is 0 Å². The maximum Gasteiger partial charge on any atom is 0.322 e. The number of carbonyl (C=O) groups is 1. The average Bonchev–Trinajstić information content (AvgIpc) is 2.82. The van der Waals surface area contributed by atoms with E-state index in [4.69, 9.17) is 22.0 Å². The van der Waals surface area contributed by atoms with Gasteiger partial charge in [-0.2, -0.15) is 9.57 Å². The largest absolute Gasteiger partial charge is 0.480 e. The van der Waals surface area contributed by atoms with Crippen LogP contribution in [0.5, 0.6) is 0 Å². The van der Waals surface area contributed by atoms with Crippen molar-refractivity contribution in [2.45, 2.75) is 23.5 Å². The summed E-state index contributed by atoms with van der Waals surface area (Å²) in [6.45, 7) is -0.337. The Hall–Kier alpha value is -1.66. The number of nitriles is 1. The Morgan fingerprint density at radius 3 is 2.71 bits per heavy atom. The number of carboxylic acids is 1. The predicted molar refractivity (Wildman–Crippen MR) is 72.1 cm³/mol. The molecule has 1 aromatic rings. The van der Waals surface area contributed by atoms with Crippen LogP contribution in [-0.2, 0) is 14.8 Å². The van der Waals surface area contributed by atoms with Crippen LogP contribution < -0.4 is 0 Å². The van der Waals surface area contributed by atoms with Gasteiger partial charge >= 0.3 is 5.97 Å². The first kappa shape index (κ1) is 15.7. The molecule has 0 radical (unpaired) electrons. The Morgan fingerprint density at radius 2 is 2.14 bits per heavy atom. The third-order valence-corrected chi connectivity index (χ3v) is 5.32. The second-order valence-electron chi connectivity index (χ2n) is 4.57. The average molecular weight is 331 g/mol. The SMILES string of the molecule is N#Cc1ccc(Cl)cc1S(=O)(=O)N1CC(O)CC1C(=O)O. The molecule has 0 spiro atoms. The molecule has 21 heavy (non-hydrogen) atoms. The minimum Gasteiger partial charge on any atom is -0.480 e. The smallest absolute Gasteiger partial charge is 0.322 e. The van der Waals surface area contributed by atoms with Gasteiger partial charge in [-0.15, -0.1) is 0 Å². The molecule has 7 nitrogen and oxygen atoms in total. The zero-order valence-corrected chi connectivity index (χ0v) is 12.2. The highest BCUT2D eigenvalue weighted by Gasteiger charge is 2.44. The number of aliphatic carboxylic acids is 1. The monoisotopic (exact) mass is 330 g/mol. The van der Waals surface area contributed by atoms with Gasteiger partial charge in [0, 0.05) is 18.0 Å². The van der Waals surface area contributed by atoms with E-state index in [9.17, 15) is 18.3 Å². The van der Waals surface area contributed by atoms with Gasteiger partial charge in [0.25, 0.3) is 0 Å². The molecule has 1 saturated heterocycles. The zero-order valence-electron chi connectivity index (χ0n) is 10.6. The molecule has 0 amide bonds. The first-order valence-corrected chi connectivity index (χ1v) is 7.71. The first-order chi connectivity index (χ1) is 9.77. The van der Waals surface area contributed by atoms with Crippen LogP contribution in [0.15, 0.2) is 23.1 Å². The summed E-state index contributed by atoms with van der Waals surface area (Å²) in [6, 6.07) is 4.08. The lowest BCUT2D eigenvalue weighted by Gasteiger charge is -2.21. The van der Waals surface area contributed by atoms with Crippen LogP contribution in [0.25, 0.3) is 0 Å². The molecular weight excluding hydrogens is 320 g/mol. The number of sulfonamides is 1. The minimum atomic E-state index is -4.25. The Bertz CT molecular complexity index is 728.